The van der Waals surface area contributed by atoms with E-state index in [1.807, 2.05) is 22.7 Å². The third kappa shape index (κ3) is 6.19. The summed E-state index contributed by atoms with van der Waals surface area (Å²) >= 11 is 3.74. The fourth-order valence-electron chi connectivity index (χ4n) is 15.0. The van der Waals surface area contributed by atoms with Crippen LogP contribution in [0.25, 0.3) is 178 Å². The standard InChI is InChI=1S/C78H45N5S2/c1-2-16-46(17-3-1)83-77-55(34-36-69-75(77)57-22-8-14-28-67(57)81(69)49-32-40-73-61(44-49)59-42-47(30-38-71(59)84-73)79-63-24-10-4-18-51(63)52-19-5-11-25-64(52)79)56-35-37-70-76(78(56)83)58-23-9-15-29-68(58)82(70)50-33-41-74-62(45-50)60-43-48(31-39-72(60)85-74)80-65-26-12-6-20-53(65)54-21-7-13-27-66(54)80/h1-45H. The maximum Gasteiger partial charge on any atom is 0.0641 e. The zero-order chi connectivity index (χ0) is 55.2. The Morgan fingerprint density at radius 3 is 0.800 bits per heavy atom. The van der Waals surface area contributed by atoms with Crippen LogP contribution in [0.3, 0.4) is 0 Å². The van der Waals surface area contributed by atoms with Crippen molar-refractivity contribution in [3.05, 3.63) is 273 Å². The van der Waals surface area contributed by atoms with E-state index in [1.54, 1.807) is 0 Å². The van der Waals surface area contributed by atoms with Crippen LogP contribution in [0.5, 0.6) is 0 Å². The van der Waals surface area contributed by atoms with Crippen molar-refractivity contribution < 1.29 is 0 Å². The van der Waals surface area contributed by atoms with Crippen LogP contribution in [0.2, 0.25) is 0 Å². The van der Waals surface area contributed by atoms with Gasteiger partial charge in [-0.15, -0.1) is 22.7 Å². The van der Waals surface area contributed by atoms with Crippen molar-refractivity contribution in [1.29, 1.82) is 0 Å². The molecule has 394 valence electrons. The molecule has 0 radical (unpaired) electrons. The van der Waals surface area contributed by atoms with Crippen LogP contribution in [0.15, 0.2) is 273 Å². The molecule has 13 aromatic carbocycles. The molecule has 7 heteroatoms. The van der Waals surface area contributed by atoms with E-state index in [0.717, 1.165) is 17.1 Å². The van der Waals surface area contributed by atoms with Gasteiger partial charge in [0, 0.05) is 123 Å². The second-order valence-corrected chi connectivity index (χ2v) is 24.9. The summed E-state index contributed by atoms with van der Waals surface area (Å²) in [7, 11) is 0. The average Bonchev–Trinajstić information content (AvgIpc) is 1.64. The van der Waals surface area contributed by atoms with Crippen molar-refractivity contribution in [2.45, 2.75) is 0 Å². The molecule has 7 aromatic heterocycles. The highest BCUT2D eigenvalue weighted by atomic mass is 32.1. The highest BCUT2D eigenvalue weighted by molar-refractivity contribution is 7.26. The molecule has 0 bridgehead atoms. The van der Waals surface area contributed by atoms with E-state index >= 15 is 0 Å². The lowest BCUT2D eigenvalue weighted by atomic mass is 10.1. The fourth-order valence-corrected chi connectivity index (χ4v) is 17.1. The number of nitrogens with zero attached hydrogens (tertiary/aromatic N) is 5. The second-order valence-electron chi connectivity index (χ2n) is 22.8. The smallest absolute Gasteiger partial charge is 0.0641 e. The van der Waals surface area contributed by atoms with E-state index in [2.05, 4.69) is 296 Å². The first-order chi connectivity index (χ1) is 42.2. The number of hydrogen-bond donors (Lipinski definition) is 0. The minimum atomic E-state index is 1.13. The Hall–Kier alpha value is -10.7. The molecule has 0 N–H and O–H groups in total. The molecule has 0 amide bonds. The van der Waals surface area contributed by atoms with Gasteiger partial charge in [0.05, 0.1) is 55.2 Å². The van der Waals surface area contributed by atoms with Crippen molar-refractivity contribution in [1.82, 2.24) is 22.8 Å². The number of hydrogen-bond acceptors (Lipinski definition) is 2. The minimum Gasteiger partial charge on any atom is -0.309 e. The molecule has 0 aliphatic rings. The summed E-state index contributed by atoms with van der Waals surface area (Å²) < 4.78 is 17.6. The van der Waals surface area contributed by atoms with Crippen LogP contribution in [-0.2, 0) is 0 Å². The van der Waals surface area contributed by atoms with Crippen LogP contribution in [0.4, 0.5) is 0 Å². The largest absolute Gasteiger partial charge is 0.309 e. The number of thiophene rings is 2. The molecule has 5 nitrogen and oxygen atoms in total. The molecular weight excluding hydrogens is 1070 g/mol. The molecule has 0 aliphatic carbocycles. The number of fused-ring (bicyclic) bond motifs is 23. The molecule has 0 atom stereocenters. The molecule has 0 spiro atoms. The molecule has 20 rings (SSSR count). The lowest BCUT2D eigenvalue weighted by Crippen LogP contribution is -1.96. The molecule has 0 saturated carbocycles. The van der Waals surface area contributed by atoms with E-state index in [9.17, 15) is 0 Å². The quantitative estimate of drug-likeness (QED) is 0.164. The van der Waals surface area contributed by atoms with Gasteiger partial charge in [-0.2, -0.15) is 0 Å². The third-order valence-corrected chi connectivity index (χ3v) is 20.7. The van der Waals surface area contributed by atoms with Gasteiger partial charge in [-0.1, -0.05) is 140 Å². The number of rotatable bonds is 5. The van der Waals surface area contributed by atoms with Gasteiger partial charge in [-0.05, 0) is 133 Å². The summed E-state index contributed by atoms with van der Waals surface area (Å²) in [5.74, 6) is 0. The molecule has 20 aromatic rings. The first-order valence-electron chi connectivity index (χ1n) is 29.1. The normalized spacial score (nSPS) is 12.5. The Labute approximate surface area is 493 Å². The SMILES string of the molecule is c1ccc(-n2c3c(ccc4c3c3ccccc3n4-c3ccc4sc5ccc(-n6c7ccccc7c7ccccc76)cc5c4c3)c3ccc4c(c5ccccc5n4-c4ccc5sc6ccc(-n7c8ccccc8c8ccccc87)cc6c5c4)c32)cc1. The van der Waals surface area contributed by atoms with Gasteiger partial charge >= 0.3 is 0 Å². The predicted molar refractivity (Wildman–Crippen MR) is 364 cm³/mol. The number of benzene rings is 13. The van der Waals surface area contributed by atoms with Gasteiger partial charge < -0.3 is 22.8 Å². The average molecular weight is 1120 g/mol. The van der Waals surface area contributed by atoms with Crippen LogP contribution in [-0.4, -0.2) is 22.8 Å². The summed E-state index contributed by atoms with van der Waals surface area (Å²) in [6.45, 7) is 0. The molecular formula is C78H45N5S2. The summed E-state index contributed by atoms with van der Waals surface area (Å²) in [4.78, 5) is 0. The zero-order valence-corrected chi connectivity index (χ0v) is 47.2. The Balaban J connectivity index is 0.810. The van der Waals surface area contributed by atoms with Crippen LogP contribution in [0.1, 0.15) is 0 Å². The van der Waals surface area contributed by atoms with Crippen molar-refractivity contribution in [3.8, 4) is 28.4 Å². The van der Waals surface area contributed by atoms with Gasteiger partial charge in [0.15, 0.2) is 0 Å². The van der Waals surface area contributed by atoms with Crippen molar-refractivity contribution in [2.24, 2.45) is 0 Å². The van der Waals surface area contributed by atoms with E-state index < -0.39 is 0 Å². The van der Waals surface area contributed by atoms with E-state index in [4.69, 9.17) is 0 Å². The van der Waals surface area contributed by atoms with Gasteiger partial charge in [0.1, 0.15) is 0 Å². The summed E-state index contributed by atoms with van der Waals surface area (Å²) in [6.07, 6.45) is 0. The van der Waals surface area contributed by atoms with Crippen LogP contribution < -0.4 is 0 Å². The molecule has 0 aliphatic heterocycles. The fraction of sp³-hybridized carbons (Fsp3) is 0. The predicted octanol–water partition coefficient (Wildman–Crippen LogP) is 21.9. The molecule has 85 heavy (non-hydrogen) atoms. The Morgan fingerprint density at radius 1 is 0.176 bits per heavy atom. The van der Waals surface area contributed by atoms with Gasteiger partial charge in [-0.3, -0.25) is 0 Å². The zero-order valence-electron chi connectivity index (χ0n) is 45.5. The highest BCUT2D eigenvalue weighted by Gasteiger charge is 2.26. The van der Waals surface area contributed by atoms with Crippen molar-refractivity contribution >= 4 is 172 Å². The number of para-hydroxylation sites is 7. The lowest BCUT2D eigenvalue weighted by Gasteiger charge is -2.11. The van der Waals surface area contributed by atoms with Crippen molar-refractivity contribution in [2.75, 3.05) is 0 Å². The van der Waals surface area contributed by atoms with Crippen molar-refractivity contribution in [3.63, 3.8) is 0 Å². The molecule has 7 heterocycles. The highest BCUT2D eigenvalue weighted by Crippen LogP contribution is 2.48. The first-order valence-corrected chi connectivity index (χ1v) is 30.7. The summed E-state index contributed by atoms with van der Waals surface area (Å²) in [5, 5.41) is 17.5. The Morgan fingerprint density at radius 2 is 0.459 bits per heavy atom. The van der Waals surface area contributed by atoms with E-state index in [0.29, 0.717) is 0 Å². The third-order valence-electron chi connectivity index (χ3n) is 18.4. The molecule has 0 fully saturated rings. The first kappa shape index (κ1) is 45.9. The van der Waals surface area contributed by atoms with E-state index in [1.165, 1.54) is 161 Å². The van der Waals surface area contributed by atoms with Gasteiger partial charge in [0.2, 0.25) is 0 Å². The lowest BCUT2D eigenvalue weighted by molar-refractivity contribution is 1.18. The van der Waals surface area contributed by atoms with Crippen LogP contribution in [0, 0.1) is 0 Å². The summed E-state index contributed by atoms with van der Waals surface area (Å²) in [6, 6.07) is 102. The second kappa shape index (κ2) is 17.0. The van der Waals surface area contributed by atoms with Gasteiger partial charge in [0.25, 0.3) is 0 Å². The topological polar surface area (TPSA) is 24.6 Å². The molecule has 0 unspecified atom stereocenters. The van der Waals surface area contributed by atoms with E-state index in [-0.39, 0.29) is 0 Å². The summed E-state index contributed by atoms with van der Waals surface area (Å²) in [5.41, 5.74) is 17.8. The maximum absolute atomic E-state index is 2.58. The Bertz CT molecular complexity index is 5820. The monoisotopic (exact) mass is 1120 g/mol. The van der Waals surface area contributed by atoms with Gasteiger partial charge in [-0.25, -0.2) is 0 Å². The Kier molecular flexibility index (Phi) is 9.15. The minimum absolute atomic E-state index is 1.13. The molecule has 0 saturated heterocycles. The maximum atomic E-state index is 2.58. The number of aromatic nitrogens is 5. The van der Waals surface area contributed by atoms with Crippen LogP contribution >= 0.6 is 22.7 Å².